The summed E-state index contributed by atoms with van der Waals surface area (Å²) in [5.41, 5.74) is 0.785. The largest absolute Gasteiger partial charge is 0.476 e. The van der Waals surface area contributed by atoms with Crippen LogP contribution in [-0.4, -0.2) is 69.4 Å². The van der Waals surface area contributed by atoms with E-state index in [2.05, 4.69) is 0 Å². The molecule has 7 heteroatoms. The van der Waals surface area contributed by atoms with Gasteiger partial charge in [-0.2, -0.15) is 0 Å². The molecule has 0 atom stereocenters. The van der Waals surface area contributed by atoms with Gasteiger partial charge in [0.25, 0.3) is 5.91 Å². The highest BCUT2D eigenvalue weighted by Crippen LogP contribution is 2.38. The molecule has 0 fully saturated rings. The average Bonchev–Trinajstić information content (AvgIpc) is 2.62. The molecule has 0 saturated heterocycles. The normalized spacial score (nSPS) is 15.3. The van der Waals surface area contributed by atoms with Crippen LogP contribution in [0.1, 0.15) is 25.8 Å². The number of ether oxygens (including phenoxy) is 3. The zero-order valence-electron chi connectivity index (χ0n) is 16.9. The van der Waals surface area contributed by atoms with E-state index in [9.17, 15) is 9.59 Å². The minimum Gasteiger partial charge on any atom is -0.476 e. The lowest BCUT2D eigenvalue weighted by Gasteiger charge is -2.39. The fourth-order valence-electron chi connectivity index (χ4n) is 3.03. The van der Waals surface area contributed by atoms with Crippen LogP contribution in [0.25, 0.3) is 0 Å². The second kappa shape index (κ2) is 9.19. The summed E-state index contributed by atoms with van der Waals surface area (Å²) in [6.45, 7) is 7.67. The first kappa shape index (κ1) is 21.2. The van der Waals surface area contributed by atoms with E-state index in [0.29, 0.717) is 44.3 Å². The number of amides is 2. The molecule has 2 amide bonds. The molecule has 0 N–H and O–H groups in total. The van der Waals surface area contributed by atoms with Crippen molar-refractivity contribution >= 4 is 17.5 Å². The van der Waals surface area contributed by atoms with Crippen molar-refractivity contribution < 1.29 is 23.8 Å². The van der Waals surface area contributed by atoms with Gasteiger partial charge in [-0.05, 0) is 38.5 Å². The van der Waals surface area contributed by atoms with Crippen LogP contribution in [0.2, 0.25) is 0 Å². The van der Waals surface area contributed by atoms with E-state index in [1.54, 1.807) is 37.9 Å². The first-order chi connectivity index (χ1) is 12.8. The minimum absolute atomic E-state index is 0.0320. The van der Waals surface area contributed by atoms with Crippen molar-refractivity contribution in [2.45, 2.75) is 32.8 Å². The van der Waals surface area contributed by atoms with Crippen LogP contribution in [0.5, 0.6) is 5.75 Å². The monoisotopic (exact) mass is 378 g/mol. The lowest BCUT2D eigenvalue weighted by molar-refractivity contribution is -0.134. The van der Waals surface area contributed by atoms with Gasteiger partial charge in [0, 0.05) is 40.3 Å². The Kier molecular flexibility index (Phi) is 7.21. The molecular formula is C20H30N2O5. The Hall–Kier alpha value is -2.12. The molecule has 0 unspecified atom stereocenters. The zero-order valence-corrected chi connectivity index (χ0v) is 16.9. The minimum atomic E-state index is -0.961. The summed E-state index contributed by atoms with van der Waals surface area (Å²) in [6.07, 6.45) is 0.225. The molecule has 1 aromatic carbocycles. The van der Waals surface area contributed by atoms with Gasteiger partial charge < -0.3 is 24.0 Å². The van der Waals surface area contributed by atoms with Gasteiger partial charge in [0.1, 0.15) is 5.75 Å². The number of hydrogen-bond donors (Lipinski definition) is 0. The fraction of sp³-hybridized carbons (Fsp3) is 0.600. The van der Waals surface area contributed by atoms with Gasteiger partial charge in [-0.25, -0.2) is 0 Å². The van der Waals surface area contributed by atoms with E-state index in [1.165, 1.54) is 0 Å². The van der Waals surface area contributed by atoms with E-state index in [4.69, 9.17) is 14.2 Å². The maximum Gasteiger partial charge on any atom is 0.270 e. The van der Waals surface area contributed by atoms with Crippen molar-refractivity contribution in [3.05, 3.63) is 23.8 Å². The number of carbonyl (C=O) groups is 2. The highest BCUT2D eigenvalue weighted by Gasteiger charge is 2.41. The summed E-state index contributed by atoms with van der Waals surface area (Å²) < 4.78 is 16.0. The maximum atomic E-state index is 12.9. The Morgan fingerprint density at radius 3 is 2.41 bits per heavy atom. The summed E-state index contributed by atoms with van der Waals surface area (Å²) in [6, 6.07) is 5.74. The molecule has 27 heavy (non-hydrogen) atoms. The Balaban J connectivity index is 2.13. The molecule has 1 aromatic rings. The highest BCUT2D eigenvalue weighted by molar-refractivity contribution is 6.02. The standard InChI is InChI=1S/C20H30N2O5/c1-15-6-7-17-16(14-15)22(19(24)20(2,3)27-17)9-8-18(23)21(10-12-25-4)11-13-26-5/h6-7,14H,8-13H2,1-5H3. The van der Waals surface area contributed by atoms with Gasteiger partial charge in [-0.1, -0.05) is 6.07 Å². The number of hydrogen-bond acceptors (Lipinski definition) is 5. The lowest BCUT2D eigenvalue weighted by atomic mass is 10.0. The fourth-order valence-corrected chi connectivity index (χ4v) is 3.03. The first-order valence-electron chi connectivity index (χ1n) is 9.17. The molecule has 2 rings (SSSR count). The number of benzene rings is 1. The zero-order chi connectivity index (χ0) is 20.0. The van der Waals surface area contributed by atoms with Crippen LogP contribution >= 0.6 is 0 Å². The van der Waals surface area contributed by atoms with Gasteiger partial charge in [-0.15, -0.1) is 0 Å². The molecule has 7 nitrogen and oxygen atoms in total. The van der Waals surface area contributed by atoms with Crippen LogP contribution in [0.4, 0.5) is 5.69 Å². The summed E-state index contributed by atoms with van der Waals surface area (Å²) in [4.78, 5) is 28.9. The summed E-state index contributed by atoms with van der Waals surface area (Å²) in [5.74, 6) is 0.484. The molecule has 0 radical (unpaired) electrons. The van der Waals surface area contributed by atoms with Crippen molar-refractivity contribution in [1.82, 2.24) is 4.90 Å². The third-order valence-electron chi connectivity index (χ3n) is 4.56. The second-order valence-corrected chi connectivity index (χ2v) is 7.16. The van der Waals surface area contributed by atoms with Crippen LogP contribution < -0.4 is 9.64 Å². The van der Waals surface area contributed by atoms with Gasteiger partial charge in [0.05, 0.1) is 18.9 Å². The number of carbonyl (C=O) groups excluding carboxylic acids is 2. The van der Waals surface area contributed by atoms with Crippen molar-refractivity contribution in [1.29, 1.82) is 0 Å². The van der Waals surface area contributed by atoms with Crippen LogP contribution in [0, 0.1) is 6.92 Å². The summed E-state index contributed by atoms with van der Waals surface area (Å²) in [7, 11) is 3.21. The van der Waals surface area contributed by atoms with Crippen molar-refractivity contribution in [3.8, 4) is 5.75 Å². The van der Waals surface area contributed by atoms with Crippen molar-refractivity contribution in [2.24, 2.45) is 0 Å². The van der Waals surface area contributed by atoms with Crippen molar-refractivity contribution in [2.75, 3.05) is 52.0 Å². The number of anilines is 1. The van der Waals surface area contributed by atoms with Crippen LogP contribution in [0.3, 0.4) is 0 Å². The molecule has 1 aliphatic heterocycles. The highest BCUT2D eigenvalue weighted by atomic mass is 16.5. The van der Waals surface area contributed by atoms with Gasteiger partial charge >= 0.3 is 0 Å². The average molecular weight is 378 g/mol. The number of rotatable bonds is 9. The maximum absolute atomic E-state index is 12.9. The topological polar surface area (TPSA) is 68.3 Å². The third kappa shape index (κ3) is 5.20. The molecular weight excluding hydrogens is 348 g/mol. The number of methoxy groups -OCH3 is 2. The predicted molar refractivity (Wildman–Crippen MR) is 103 cm³/mol. The predicted octanol–water partition coefficient (Wildman–Crippen LogP) is 2.01. The molecule has 0 aliphatic carbocycles. The molecule has 1 heterocycles. The van der Waals surface area contributed by atoms with Gasteiger partial charge in [-0.3, -0.25) is 9.59 Å². The number of fused-ring (bicyclic) bond motifs is 1. The van der Waals surface area contributed by atoms with E-state index < -0.39 is 5.60 Å². The van der Waals surface area contributed by atoms with E-state index >= 15 is 0 Å². The molecule has 0 saturated carbocycles. The molecule has 0 aromatic heterocycles. The van der Waals surface area contributed by atoms with Crippen LogP contribution in [0.15, 0.2) is 18.2 Å². The lowest BCUT2D eigenvalue weighted by Crippen LogP contribution is -2.53. The SMILES string of the molecule is COCCN(CCOC)C(=O)CCN1C(=O)C(C)(C)Oc2ccc(C)cc21. The molecule has 0 bridgehead atoms. The van der Waals surface area contributed by atoms with Gasteiger partial charge in [0.2, 0.25) is 5.91 Å². The Labute approximate surface area is 161 Å². The number of nitrogens with zero attached hydrogens (tertiary/aromatic N) is 2. The quantitative estimate of drug-likeness (QED) is 0.658. The summed E-state index contributed by atoms with van der Waals surface area (Å²) in [5, 5.41) is 0. The molecule has 0 spiro atoms. The van der Waals surface area contributed by atoms with Gasteiger partial charge in [0.15, 0.2) is 5.60 Å². The van der Waals surface area contributed by atoms with E-state index in [0.717, 1.165) is 5.56 Å². The first-order valence-corrected chi connectivity index (χ1v) is 9.17. The summed E-state index contributed by atoms with van der Waals surface area (Å²) >= 11 is 0. The Bertz CT molecular complexity index is 666. The van der Waals surface area contributed by atoms with E-state index in [-0.39, 0.29) is 18.2 Å². The Morgan fingerprint density at radius 2 is 1.81 bits per heavy atom. The molecule has 150 valence electrons. The Morgan fingerprint density at radius 1 is 1.19 bits per heavy atom. The number of aryl methyl sites for hydroxylation is 1. The third-order valence-corrected chi connectivity index (χ3v) is 4.56. The smallest absolute Gasteiger partial charge is 0.270 e. The van der Waals surface area contributed by atoms with E-state index in [1.807, 2.05) is 25.1 Å². The second-order valence-electron chi connectivity index (χ2n) is 7.16. The van der Waals surface area contributed by atoms with Crippen molar-refractivity contribution in [3.63, 3.8) is 0 Å². The molecule has 1 aliphatic rings. The van der Waals surface area contributed by atoms with Crippen LogP contribution in [-0.2, 0) is 19.1 Å².